The molecule has 2 rings (SSSR count). The van der Waals surface area contributed by atoms with Crippen LogP contribution < -0.4 is 0 Å². The number of nitrogens with zero attached hydrogens (tertiary/aromatic N) is 1. The minimum absolute atomic E-state index is 0.0498. The summed E-state index contributed by atoms with van der Waals surface area (Å²) in [6, 6.07) is 8.75. The Morgan fingerprint density at radius 2 is 1.75 bits per heavy atom. The fourth-order valence-electron chi connectivity index (χ4n) is 2.50. The summed E-state index contributed by atoms with van der Waals surface area (Å²) in [4.78, 5) is 29.7. The van der Waals surface area contributed by atoms with Crippen molar-refractivity contribution >= 4 is 11.9 Å². The van der Waals surface area contributed by atoms with Gasteiger partial charge in [-0.05, 0) is 38.1 Å². The molecule has 2 heterocycles. The molecule has 2 aromatic rings. The van der Waals surface area contributed by atoms with Gasteiger partial charge in [-0.15, -0.1) is 0 Å². The van der Waals surface area contributed by atoms with Crippen LogP contribution in [0.15, 0.2) is 47.2 Å². The smallest absolute Gasteiger partial charge is 0.324 e. The molecule has 0 amide bonds. The number of aromatic nitrogens is 1. The first-order valence-corrected chi connectivity index (χ1v) is 7.89. The lowest BCUT2D eigenvalue weighted by molar-refractivity contribution is -0.172. The van der Waals surface area contributed by atoms with E-state index < -0.39 is 17.4 Å². The number of esters is 2. The average molecular weight is 331 g/mol. The van der Waals surface area contributed by atoms with E-state index in [0.717, 1.165) is 0 Å². The van der Waals surface area contributed by atoms with Gasteiger partial charge in [-0.1, -0.05) is 6.07 Å². The molecule has 0 aliphatic carbocycles. The monoisotopic (exact) mass is 331 g/mol. The number of hydrogen-bond acceptors (Lipinski definition) is 6. The lowest BCUT2D eigenvalue weighted by Gasteiger charge is -2.28. The highest BCUT2D eigenvalue weighted by Gasteiger charge is 2.50. The van der Waals surface area contributed by atoms with Crippen LogP contribution in [0.25, 0.3) is 0 Å². The molecule has 6 heteroatoms. The van der Waals surface area contributed by atoms with Gasteiger partial charge in [0, 0.05) is 24.7 Å². The molecule has 0 aliphatic rings. The molecule has 24 heavy (non-hydrogen) atoms. The van der Waals surface area contributed by atoms with Crippen molar-refractivity contribution < 1.29 is 23.5 Å². The van der Waals surface area contributed by atoms with Crippen LogP contribution in [-0.2, 0) is 31.9 Å². The van der Waals surface area contributed by atoms with Gasteiger partial charge in [-0.3, -0.25) is 14.6 Å². The Kier molecular flexibility index (Phi) is 6.12. The maximum Gasteiger partial charge on any atom is 0.324 e. The minimum atomic E-state index is -1.53. The standard InChI is InChI=1S/C18H21NO5/c1-3-22-16(20)18(17(21)23-4-2,13-15-9-7-11-24-15)12-14-8-5-6-10-19-14/h5-11H,3-4,12-13H2,1-2H3. The maximum absolute atomic E-state index is 12.7. The average Bonchev–Trinajstić information content (AvgIpc) is 3.08. The number of ether oxygens (including phenoxy) is 2. The first-order valence-electron chi connectivity index (χ1n) is 7.89. The van der Waals surface area contributed by atoms with E-state index in [1.807, 2.05) is 0 Å². The highest BCUT2D eigenvalue weighted by molar-refractivity contribution is 6.00. The van der Waals surface area contributed by atoms with Crippen molar-refractivity contribution in [1.29, 1.82) is 0 Å². The topological polar surface area (TPSA) is 78.6 Å². The number of furan rings is 1. The van der Waals surface area contributed by atoms with Gasteiger partial charge in [0.15, 0.2) is 5.41 Å². The van der Waals surface area contributed by atoms with Crippen LogP contribution in [0.1, 0.15) is 25.3 Å². The second-order valence-electron chi connectivity index (χ2n) is 5.28. The molecule has 0 saturated carbocycles. The van der Waals surface area contributed by atoms with E-state index in [-0.39, 0.29) is 26.1 Å². The maximum atomic E-state index is 12.7. The van der Waals surface area contributed by atoms with E-state index in [1.165, 1.54) is 6.26 Å². The van der Waals surface area contributed by atoms with Gasteiger partial charge in [0.2, 0.25) is 0 Å². The van der Waals surface area contributed by atoms with Crippen LogP contribution in [0.4, 0.5) is 0 Å². The molecule has 0 aromatic carbocycles. The number of carbonyl (C=O) groups excluding carboxylic acids is 2. The molecule has 128 valence electrons. The summed E-state index contributed by atoms with van der Waals surface area (Å²) in [5, 5.41) is 0. The summed E-state index contributed by atoms with van der Waals surface area (Å²) >= 11 is 0. The summed E-state index contributed by atoms with van der Waals surface area (Å²) in [6.45, 7) is 3.73. The second-order valence-corrected chi connectivity index (χ2v) is 5.28. The third-order valence-electron chi connectivity index (χ3n) is 3.60. The van der Waals surface area contributed by atoms with Crippen LogP contribution in [0, 0.1) is 5.41 Å². The summed E-state index contributed by atoms with van der Waals surface area (Å²) in [5.41, 5.74) is -0.928. The van der Waals surface area contributed by atoms with E-state index >= 15 is 0 Å². The zero-order valence-electron chi connectivity index (χ0n) is 13.9. The van der Waals surface area contributed by atoms with Gasteiger partial charge in [-0.25, -0.2) is 0 Å². The molecular weight excluding hydrogens is 310 g/mol. The molecule has 2 aromatic heterocycles. The van der Waals surface area contributed by atoms with Crippen LogP contribution in [0.3, 0.4) is 0 Å². The zero-order valence-corrected chi connectivity index (χ0v) is 13.9. The van der Waals surface area contributed by atoms with Crippen molar-refractivity contribution in [3.63, 3.8) is 0 Å². The summed E-state index contributed by atoms with van der Waals surface area (Å²) in [6.07, 6.45) is 3.24. The highest BCUT2D eigenvalue weighted by Crippen LogP contribution is 2.31. The molecule has 0 aliphatic heterocycles. The number of pyridine rings is 1. The summed E-state index contributed by atoms with van der Waals surface area (Å²) in [5.74, 6) is -0.761. The lowest BCUT2D eigenvalue weighted by atomic mass is 9.78. The largest absolute Gasteiger partial charge is 0.469 e. The van der Waals surface area contributed by atoms with E-state index in [9.17, 15) is 9.59 Å². The van der Waals surface area contributed by atoms with Crippen molar-refractivity contribution in [3.05, 3.63) is 54.2 Å². The van der Waals surface area contributed by atoms with E-state index in [0.29, 0.717) is 11.5 Å². The van der Waals surface area contributed by atoms with Crippen molar-refractivity contribution in [2.75, 3.05) is 13.2 Å². The fourth-order valence-corrected chi connectivity index (χ4v) is 2.50. The van der Waals surface area contributed by atoms with Crippen LogP contribution in [0.2, 0.25) is 0 Å². The molecule has 0 spiro atoms. The van der Waals surface area contributed by atoms with Gasteiger partial charge in [0.25, 0.3) is 0 Å². The Hall–Kier alpha value is -2.63. The predicted molar refractivity (Wildman–Crippen MR) is 86.1 cm³/mol. The molecular formula is C18H21NO5. The lowest BCUT2D eigenvalue weighted by Crippen LogP contribution is -2.46. The molecule has 0 atom stereocenters. The van der Waals surface area contributed by atoms with Crippen molar-refractivity contribution in [1.82, 2.24) is 4.98 Å². The molecule has 0 unspecified atom stereocenters. The minimum Gasteiger partial charge on any atom is -0.469 e. The Bertz CT molecular complexity index is 633. The quantitative estimate of drug-likeness (QED) is 0.546. The molecule has 0 fully saturated rings. The second kappa shape index (κ2) is 8.29. The number of hydrogen-bond donors (Lipinski definition) is 0. The first kappa shape index (κ1) is 17.7. The van der Waals surface area contributed by atoms with Crippen molar-refractivity contribution in [2.45, 2.75) is 26.7 Å². The number of rotatable bonds is 8. The van der Waals surface area contributed by atoms with Gasteiger partial charge >= 0.3 is 11.9 Å². The highest BCUT2D eigenvalue weighted by atomic mass is 16.6. The zero-order chi connectivity index (χ0) is 17.4. The third-order valence-corrected chi connectivity index (χ3v) is 3.60. The first-order chi connectivity index (χ1) is 11.6. The van der Waals surface area contributed by atoms with E-state index in [2.05, 4.69) is 4.98 Å². The van der Waals surface area contributed by atoms with Crippen molar-refractivity contribution in [2.24, 2.45) is 5.41 Å². The van der Waals surface area contributed by atoms with Crippen molar-refractivity contribution in [3.8, 4) is 0 Å². The van der Waals surface area contributed by atoms with E-state index in [1.54, 1.807) is 50.4 Å². The van der Waals surface area contributed by atoms with Crippen LogP contribution in [-0.4, -0.2) is 30.1 Å². The van der Waals surface area contributed by atoms with Gasteiger partial charge in [0.1, 0.15) is 5.76 Å². The van der Waals surface area contributed by atoms with Crippen LogP contribution >= 0.6 is 0 Å². The van der Waals surface area contributed by atoms with E-state index in [4.69, 9.17) is 13.9 Å². The Balaban J connectivity index is 2.44. The normalized spacial score (nSPS) is 11.1. The fraction of sp³-hybridized carbons (Fsp3) is 0.389. The summed E-state index contributed by atoms with van der Waals surface area (Å²) in [7, 11) is 0. The summed E-state index contributed by atoms with van der Waals surface area (Å²) < 4.78 is 15.7. The molecule has 0 radical (unpaired) electrons. The molecule has 0 N–H and O–H groups in total. The predicted octanol–water partition coefficient (Wildman–Crippen LogP) is 2.57. The molecule has 0 bridgehead atoms. The Morgan fingerprint density at radius 1 is 1.04 bits per heavy atom. The Labute approximate surface area is 140 Å². The molecule has 0 saturated heterocycles. The number of carbonyl (C=O) groups is 2. The van der Waals surface area contributed by atoms with Gasteiger partial charge < -0.3 is 13.9 Å². The van der Waals surface area contributed by atoms with Gasteiger partial charge in [-0.2, -0.15) is 0 Å². The Morgan fingerprint density at radius 3 is 2.25 bits per heavy atom. The molecule has 6 nitrogen and oxygen atoms in total. The third kappa shape index (κ3) is 4.01. The van der Waals surface area contributed by atoms with Gasteiger partial charge in [0.05, 0.1) is 19.5 Å². The van der Waals surface area contributed by atoms with Crippen LogP contribution in [0.5, 0.6) is 0 Å². The SMILES string of the molecule is CCOC(=O)C(Cc1ccccn1)(Cc1ccco1)C(=O)OCC.